The maximum atomic E-state index is 13.8. The van der Waals surface area contributed by atoms with E-state index in [1.165, 1.54) is 16.4 Å². The molecule has 4 nitrogen and oxygen atoms in total. The fraction of sp³-hybridized carbons (Fsp3) is 0.538. The van der Waals surface area contributed by atoms with Gasteiger partial charge in [0.15, 0.2) is 0 Å². The van der Waals surface area contributed by atoms with E-state index in [9.17, 15) is 17.9 Å². The molecule has 0 aliphatic carbocycles. The fourth-order valence-electron chi connectivity index (χ4n) is 2.30. The van der Waals surface area contributed by atoms with E-state index in [2.05, 4.69) is 0 Å². The van der Waals surface area contributed by atoms with E-state index in [0.29, 0.717) is 19.3 Å². The van der Waals surface area contributed by atoms with Crippen LogP contribution in [-0.2, 0) is 10.0 Å². The normalized spacial score (nSPS) is 25.4. The van der Waals surface area contributed by atoms with Crippen LogP contribution in [0.3, 0.4) is 0 Å². The summed E-state index contributed by atoms with van der Waals surface area (Å²) < 4.78 is 39.9. The highest BCUT2D eigenvalue weighted by molar-refractivity contribution is 7.89. The summed E-state index contributed by atoms with van der Waals surface area (Å²) >= 11 is 5.63. The van der Waals surface area contributed by atoms with Crippen LogP contribution in [0, 0.1) is 5.82 Å². The zero-order chi connectivity index (χ0) is 15.0. The maximum absolute atomic E-state index is 13.8. The van der Waals surface area contributed by atoms with E-state index in [1.54, 1.807) is 6.92 Å². The largest absolute Gasteiger partial charge is 0.390 e. The van der Waals surface area contributed by atoms with Crippen molar-refractivity contribution in [3.8, 4) is 0 Å². The van der Waals surface area contributed by atoms with Crippen molar-refractivity contribution < 1.29 is 17.9 Å². The molecule has 1 heterocycles. The van der Waals surface area contributed by atoms with Crippen molar-refractivity contribution in [3.63, 3.8) is 0 Å². The lowest BCUT2D eigenvalue weighted by atomic mass is 9.98. The maximum Gasteiger partial charge on any atom is 0.245 e. The van der Waals surface area contributed by atoms with Gasteiger partial charge in [-0.15, -0.1) is 0 Å². The standard InChI is InChI=1S/C13H17ClFNO3S/c1-13(17)5-2-7-16(8-6-13)20(18,19)12-4-3-10(14)9-11(12)15/h3-4,9,17H,2,5-8H2,1H3. The second kappa shape index (κ2) is 5.60. The molecule has 1 fully saturated rings. The molecule has 0 aromatic heterocycles. The van der Waals surface area contributed by atoms with Gasteiger partial charge in [0.1, 0.15) is 10.7 Å². The highest BCUT2D eigenvalue weighted by Gasteiger charge is 2.32. The molecule has 20 heavy (non-hydrogen) atoms. The van der Waals surface area contributed by atoms with Gasteiger partial charge in [-0.05, 0) is 44.4 Å². The Labute approximate surface area is 123 Å². The van der Waals surface area contributed by atoms with Gasteiger partial charge in [-0.2, -0.15) is 4.31 Å². The third-order valence-electron chi connectivity index (χ3n) is 3.53. The number of benzene rings is 1. The van der Waals surface area contributed by atoms with Crippen molar-refractivity contribution >= 4 is 21.6 Å². The lowest BCUT2D eigenvalue weighted by Crippen LogP contribution is -2.34. The minimum atomic E-state index is -3.89. The quantitative estimate of drug-likeness (QED) is 0.910. The fourth-order valence-corrected chi connectivity index (χ4v) is 3.99. The van der Waals surface area contributed by atoms with E-state index in [4.69, 9.17) is 11.6 Å². The third kappa shape index (κ3) is 3.31. The topological polar surface area (TPSA) is 57.6 Å². The van der Waals surface area contributed by atoms with Crippen molar-refractivity contribution in [2.24, 2.45) is 0 Å². The minimum Gasteiger partial charge on any atom is -0.390 e. The Bertz CT molecular complexity index is 604. The van der Waals surface area contributed by atoms with Gasteiger partial charge in [-0.1, -0.05) is 11.6 Å². The first-order valence-corrected chi connectivity index (χ1v) is 8.22. The van der Waals surface area contributed by atoms with Crippen LogP contribution in [0.5, 0.6) is 0 Å². The lowest BCUT2D eigenvalue weighted by Gasteiger charge is -2.22. The van der Waals surface area contributed by atoms with Gasteiger partial charge in [-0.3, -0.25) is 0 Å². The van der Waals surface area contributed by atoms with Crippen molar-refractivity contribution in [2.75, 3.05) is 13.1 Å². The highest BCUT2D eigenvalue weighted by atomic mass is 35.5. The van der Waals surface area contributed by atoms with Crippen molar-refractivity contribution in [3.05, 3.63) is 29.0 Å². The number of nitrogens with zero attached hydrogens (tertiary/aromatic N) is 1. The molecule has 2 rings (SSSR count). The van der Waals surface area contributed by atoms with Crippen molar-refractivity contribution in [1.29, 1.82) is 0 Å². The van der Waals surface area contributed by atoms with Gasteiger partial charge in [0.2, 0.25) is 10.0 Å². The second-order valence-corrected chi connectivity index (χ2v) is 7.67. The molecule has 1 N–H and O–H groups in total. The first kappa shape index (κ1) is 15.7. The summed E-state index contributed by atoms with van der Waals surface area (Å²) in [5.74, 6) is -0.853. The minimum absolute atomic E-state index is 0.153. The van der Waals surface area contributed by atoms with Crippen molar-refractivity contribution in [1.82, 2.24) is 4.31 Å². The number of hydrogen-bond donors (Lipinski definition) is 1. The van der Waals surface area contributed by atoms with Gasteiger partial charge in [0, 0.05) is 18.1 Å². The summed E-state index contributed by atoms with van der Waals surface area (Å²) in [6.07, 6.45) is 1.41. The predicted octanol–water partition coefficient (Wildman–Crippen LogP) is 2.40. The van der Waals surface area contributed by atoms with Gasteiger partial charge < -0.3 is 5.11 Å². The zero-order valence-corrected chi connectivity index (χ0v) is 12.7. The second-order valence-electron chi connectivity index (χ2n) is 5.33. The smallest absolute Gasteiger partial charge is 0.245 e. The molecular formula is C13H17ClFNO3S. The van der Waals surface area contributed by atoms with Crippen LogP contribution in [0.2, 0.25) is 5.02 Å². The molecular weight excluding hydrogens is 305 g/mol. The van der Waals surface area contributed by atoms with Crippen LogP contribution in [-0.4, -0.2) is 36.5 Å². The van der Waals surface area contributed by atoms with Gasteiger partial charge in [0.25, 0.3) is 0 Å². The Morgan fingerprint density at radius 3 is 2.70 bits per heavy atom. The Morgan fingerprint density at radius 1 is 1.35 bits per heavy atom. The van der Waals surface area contributed by atoms with Crippen LogP contribution in [0.15, 0.2) is 23.1 Å². The van der Waals surface area contributed by atoms with Gasteiger partial charge >= 0.3 is 0 Å². The molecule has 0 bridgehead atoms. The summed E-state index contributed by atoms with van der Waals surface area (Å²) in [4.78, 5) is -0.372. The highest BCUT2D eigenvalue weighted by Crippen LogP contribution is 2.27. The van der Waals surface area contributed by atoms with E-state index < -0.39 is 21.4 Å². The first-order chi connectivity index (χ1) is 9.22. The summed E-state index contributed by atoms with van der Waals surface area (Å²) in [6, 6.07) is 3.52. The first-order valence-electron chi connectivity index (χ1n) is 6.40. The Kier molecular flexibility index (Phi) is 4.39. The number of aliphatic hydroxyl groups is 1. The number of rotatable bonds is 2. The summed E-state index contributed by atoms with van der Waals surface area (Å²) in [6.45, 7) is 2.14. The molecule has 7 heteroatoms. The van der Waals surface area contributed by atoms with E-state index in [1.807, 2.05) is 0 Å². The van der Waals surface area contributed by atoms with Gasteiger partial charge in [-0.25, -0.2) is 12.8 Å². The van der Waals surface area contributed by atoms with Crippen LogP contribution < -0.4 is 0 Å². The average molecular weight is 322 g/mol. The Morgan fingerprint density at radius 2 is 2.05 bits per heavy atom. The van der Waals surface area contributed by atoms with Crippen molar-refractivity contribution in [2.45, 2.75) is 36.7 Å². The summed E-state index contributed by atoms with van der Waals surface area (Å²) in [5.41, 5.74) is -0.872. The van der Waals surface area contributed by atoms with Gasteiger partial charge in [0.05, 0.1) is 5.60 Å². The van der Waals surface area contributed by atoms with E-state index in [-0.39, 0.29) is 23.0 Å². The van der Waals surface area contributed by atoms with Crippen LogP contribution >= 0.6 is 11.6 Å². The van der Waals surface area contributed by atoms with Crippen LogP contribution in [0.1, 0.15) is 26.2 Å². The monoisotopic (exact) mass is 321 g/mol. The van der Waals surface area contributed by atoms with E-state index >= 15 is 0 Å². The molecule has 112 valence electrons. The molecule has 1 aromatic carbocycles. The Balaban J connectivity index is 2.30. The zero-order valence-electron chi connectivity index (χ0n) is 11.1. The predicted molar refractivity (Wildman–Crippen MR) is 74.6 cm³/mol. The number of sulfonamides is 1. The molecule has 0 amide bonds. The molecule has 0 radical (unpaired) electrons. The third-order valence-corrected chi connectivity index (χ3v) is 5.70. The molecule has 1 aliphatic heterocycles. The SMILES string of the molecule is CC1(O)CCCN(S(=O)(=O)c2ccc(Cl)cc2F)CC1. The number of halogens is 2. The summed E-state index contributed by atoms with van der Waals surface area (Å²) in [7, 11) is -3.89. The molecule has 1 aliphatic rings. The summed E-state index contributed by atoms with van der Waals surface area (Å²) in [5, 5.41) is 10.1. The Hall–Kier alpha value is -0.690. The molecule has 0 saturated carbocycles. The molecule has 1 saturated heterocycles. The van der Waals surface area contributed by atoms with Crippen LogP contribution in [0.4, 0.5) is 4.39 Å². The average Bonchev–Trinajstić information content (AvgIpc) is 2.50. The lowest BCUT2D eigenvalue weighted by molar-refractivity contribution is 0.0465. The number of hydrogen-bond acceptors (Lipinski definition) is 3. The van der Waals surface area contributed by atoms with E-state index in [0.717, 1.165) is 6.07 Å². The van der Waals surface area contributed by atoms with Crippen LogP contribution in [0.25, 0.3) is 0 Å². The molecule has 1 atom stereocenters. The molecule has 1 unspecified atom stereocenters. The molecule has 1 aromatic rings. The molecule has 0 spiro atoms.